The molecule has 0 spiro atoms. The van der Waals surface area contributed by atoms with Gasteiger partial charge in [0.2, 0.25) is 5.56 Å². The SMILES string of the molecule is O=[N+]([O-])C(=NO)c1c([N+](=O)[O-])cc([N+](=O)[O-])cc1[N+](=O)[O-]. The lowest BCUT2D eigenvalue weighted by Gasteiger charge is -2.01. The quantitative estimate of drug-likeness (QED) is 0.274. The van der Waals surface area contributed by atoms with Crippen LogP contribution in [0.4, 0.5) is 17.1 Å². The Kier molecular flexibility index (Phi) is 4.03. The molecule has 110 valence electrons. The van der Waals surface area contributed by atoms with E-state index in [1.54, 1.807) is 0 Å². The van der Waals surface area contributed by atoms with E-state index in [2.05, 4.69) is 5.16 Å². The molecule has 0 bridgehead atoms. The number of hydrogen-bond donors (Lipinski definition) is 1. The lowest BCUT2D eigenvalue weighted by Crippen LogP contribution is -2.17. The zero-order valence-electron chi connectivity index (χ0n) is 9.60. The highest BCUT2D eigenvalue weighted by atomic mass is 16.6. The fourth-order valence-corrected chi connectivity index (χ4v) is 1.40. The van der Waals surface area contributed by atoms with E-state index >= 15 is 0 Å². The molecule has 0 aliphatic rings. The van der Waals surface area contributed by atoms with Crippen molar-refractivity contribution < 1.29 is 24.9 Å². The maximum Gasteiger partial charge on any atom is 0.430 e. The summed E-state index contributed by atoms with van der Waals surface area (Å²) < 4.78 is 0. The smallest absolute Gasteiger partial charge is 0.358 e. The molecular formula is C7H3N5O9. The van der Waals surface area contributed by atoms with Crippen molar-refractivity contribution >= 4 is 22.9 Å². The third kappa shape index (κ3) is 2.83. The van der Waals surface area contributed by atoms with Gasteiger partial charge in [0.15, 0.2) is 5.16 Å². The number of nitro groups is 4. The van der Waals surface area contributed by atoms with Crippen molar-refractivity contribution in [3.05, 3.63) is 58.2 Å². The van der Waals surface area contributed by atoms with Gasteiger partial charge in [-0.1, -0.05) is 0 Å². The monoisotopic (exact) mass is 301 g/mol. The summed E-state index contributed by atoms with van der Waals surface area (Å²) in [6.07, 6.45) is 0. The van der Waals surface area contributed by atoms with E-state index in [1.807, 2.05) is 0 Å². The molecule has 0 fully saturated rings. The van der Waals surface area contributed by atoms with Crippen LogP contribution in [0.2, 0.25) is 0 Å². The van der Waals surface area contributed by atoms with Crippen molar-refractivity contribution in [2.75, 3.05) is 0 Å². The highest BCUT2D eigenvalue weighted by Gasteiger charge is 2.39. The number of hydrogen-bond acceptors (Lipinski definition) is 10. The predicted octanol–water partition coefficient (Wildman–Crippen LogP) is 0.824. The Morgan fingerprint density at radius 1 is 0.905 bits per heavy atom. The first-order chi connectivity index (χ1) is 9.70. The molecule has 0 aliphatic heterocycles. The number of benzene rings is 1. The van der Waals surface area contributed by atoms with Gasteiger partial charge in [-0.25, -0.2) is 0 Å². The fourth-order valence-electron chi connectivity index (χ4n) is 1.40. The zero-order valence-corrected chi connectivity index (χ0v) is 9.60. The fraction of sp³-hybridized carbons (Fsp3) is 0. The van der Waals surface area contributed by atoms with Gasteiger partial charge < -0.3 is 15.3 Å². The first kappa shape index (κ1) is 15.3. The standard InChI is InChI=1S/C7H3N5O9/c13-8-7(12(20)21)6-4(10(16)17)1-3(9(14)15)2-5(6)11(18)19/h1-2,13H. The predicted molar refractivity (Wildman–Crippen MR) is 61.7 cm³/mol. The lowest BCUT2D eigenvalue weighted by atomic mass is 10.1. The summed E-state index contributed by atoms with van der Waals surface area (Å²) in [5, 5.41) is 53.5. The van der Waals surface area contributed by atoms with Crippen molar-refractivity contribution in [3.8, 4) is 0 Å². The molecule has 0 unspecified atom stereocenters. The molecule has 0 heterocycles. The molecule has 0 amide bonds. The Balaban J connectivity index is 3.90. The summed E-state index contributed by atoms with van der Waals surface area (Å²) >= 11 is 0. The van der Waals surface area contributed by atoms with Gasteiger partial charge in [0.05, 0.1) is 26.9 Å². The Morgan fingerprint density at radius 3 is 1.57 bits per heavy atom. The Hall–Kier alpha value is -3.71. The Bertz CT molecular complexity index is 661. The largest absolute Gasteiger partial charge is 0.430 e. The number of non-ortho nitro benzene ring substituents is 1. The first-order valence-electron chi connectivity index (χ1n) is 4.68. The van der Waals surface area contributed by atoms with E-state index in [9.17, 15) is 40.5 Å². The zero-order chi connectivity index (χ0) is 16.3. The molecule has 0 saturated carbocycles. The molecule has 0 saturated heterocycles. The van der Waals surface area contributed by atoms with E-state index < -0.39 is 48.2 Å². The third-order valence-corrected chi connectivity index (χ3v) is 2.18. The van der Waals surface area contributed by atoms with Gasteiger partial charge in [-0.3, -0.25) is 30.3 Å². The van der Waals surface area contributed by atoms with Gasteiger partial charge >= 0.3 is 5.84 Å². The van der Waals surface area contributed by atoms with E-state index in [0.29, 0.717) is 0 Å². The van der Waals surface area contributed by atoms with Crippen LogP contribution in [0.3, 0.4) is 0 Å². The molecule has 14 heteroatoms. The van der Waals surface area contributed by atoms with E-state index in [4.69, 9.17) is 5.21 Å². The molecule has 0 aromatic heterocycles. The van der Waals surface area contributed by atoms with Gasteiger partial charge in [0.1, 0.15) is 0 Å². The maximum atomic E-state index is 10.8. The van der Waals surface area contributed by atoms with Crippen LogP contribution in [0, 0.1) is 40.5 Å². The van der Waals surface area contributed by atoms with Crippen molar-refractivity contribution in [2.24, 2.45) is 5.16 Å². The number of rotatable bonds is 4. The van der Waals surface area contributed by atoms with Gasteiger partial charge in [-0.2, -0.15) is 0 Å². The second-order valence-electron chi connectivity index (χ2n) is 3.31. The topological polar surface area (TPSA) is 205 Å². The van der Waals surface area contributed by atoms with Crippen LogP contribution >= 0.6 is 0 Å². The van der Waals surface area contributed by atoms with Crippen LogP contribution < -0.4 is 0 Å². The average molecular weight is 301 g/mol. The minimum absolute atomic E-state index is 0.289. The molecular weight excluding hydrogens is 298 g/mol. The van der Waals surface area contributed by atoms with Crippen LogP contribution in [0.25, 0.3) is 0 Å². The van der Waals surface area contributed by atoms with Crippen molar-refractivity contribution in [3.63, 3.8) is 0 Å². The Morgan fingerprint density at radius 2 is 1.33 bits per heavy atom. The first-order valence-corrected chi connectivity index (χ1v) is 4.68. The molecule has 0 aliphatic carbocycles. The van der Waals surface area contributed by atoms with Gasteiger partial charge in [0.25, 0.3) is 17.1 Å². The van der Waals surface area contributed by atoms with Crippen molar-refractivity contribution in [1.29, 1.82) is 0 Å². The van der Waals surface area contributed by atoms with Crippen molar-refractivity contribution in [1.82, 2.24) is 0 Å². The molecule has 1 aromatic rings. The number of nitro benzene ring substituents is 3. The molecule has 1 rings (SSSR count). The second kappa shape index (κ2) is 5.51. The molecule has 1 aromatic carbocycles. The van der Waals surface area contributed by atoms with Gasteiger partial charge in [0, 0.05) is 0 Å². The molecule has 0 atom stereocenters. The van der Waals surface area contributed by atoms with Crippen LogP contribution in [0.5, 0.6) is 0 Å². The number of amidine groups is 1. The van der Waals surface area contributed by atoms with Crippen molar-refractivity contribution in [2.45, 2.75) is 0 Å². The molecule has 14 nitrogen and oxygen atoms in total. The van der Waals surface area contributed by atoms with Gasteiger partial charge in [-0.05, 0) is 4.92 Å². The number of oxime groups is 1. The summed E-state index contributed by atoms with van der Waals surface area (Å²) in [5.74, 6) is -1.58. The molecule has 1 N–H and O–H groups in total. The summed E-state index contributed by atoms with van der Waals surface area (Å²) in [6, 6.07) is 0.577. The summed E-state index contributed by atoms with van der Waals surface area (Å²) in [4.78, 5) is 37.7. The van der Waals surface area contributed by atoms with Crippen LogP contribution in [-0.4, -0.2) is 30.7 Å². The minimum Gasteiger partial charge on any atom is -0.358 e. The van der Waals surface area contributed by atoms with E-state index in [0.717, 1.165) is 0 Å². The second-order valence-corrected chi connectivity index (χ2v) is 3.31. The van der Waals surface area contributed by atoms with Crippen LogP contribution in [0.15, 0.2) is 17.3 Å². The Labute approximate surface area is 112 Å². The normalized spacial score (nSPS) is 11.0. The maximum absolute atomic E-state index is 10.8. The number of nitrogens with zero attached hydrogens (tertiary/aromatic N) is 5. The molecule has 21 heavy (non-hydrogen) atoms. The summed E-state index contributed by atoms with van der Waals surface area (Å²) in [6.45, 7) is 0. The minimum atomic E-state index is -1.58. The van der Waals surface area contributed by atoms with E-state index in [1.165, 1.54) is 0 Å². The lowest BCUT2D eigenvalue weighted by molar-refractivity contribution is -0.405. The van der Waals surface area contributed by atoms with E-state index in [-0.39, 0.29) is 12.1 Å². The third-order valence-electron chi connectivity index (χ3n) is 2.18. The van der Waals surface area contributed by atoms with Gasteiger partial charge in [-0.15, -0.1) is 0 Å². The summed E-state index contributed by atoms with van der Waals surface area (Å²) in [7, 11) is 0. The molecule has 0 radical (unpaired) electrons. The average Bonchev–Trinajstić information content (AvgIpc) is 2.38. The van der Waals surface area contributed by atoms with Crippen LogP contribution in [0.1, 0.15) is 5.56 Å². The highest BCUT2D eigenvalue weighted by Crippen LogP contribution is 2.34. The summed E-state index contributed by atoms with van der Waals surface area (Å²) in [5.41, 5.74) is -4.87. The van der Waals surface area contributed by atoms with Crippen LogP contribution in [-0.2, 0) is 0 Å². The highest BCUT2D eigenvalue weighted by molar-refractivity contribution is 6.01.